The van der Waals surface area contributed by atoms with Crippen LogP contribution in [0.15, 0.2) is 18.3 Å². The highest BCUT2D eigenvalue weighted by Gasteiger charge is 2.36. The number of amides is 1. The summed E-state index contributed by atoms with van der Waals surface area (Å²) < 4.78 is 9.58. The molecule has 2 aromatic heterocycles. The van der Waals surface area contributed by atoms with Crippen molar-refractivity contribution in [2.45, 2.75) is 25.3 Å². The summed E-state index contributed by atoms with van der Waals surface area (Å²) in [6.45, 7) is 1.92. The first-order valence-corrected chi connectivity index (χ1v) is 8.53. The summed E-state index contributed by atoms with van der Waals surface area (Å²) in [5.74, 6) is 0.728. The van der Waals surface area contributed by atoms with Crippen LogP contribution in [0, 0.1) is 5.92 Å². The van der Waals surface area contributed by atoms with Gasteiger partial charge in [0.2, 0.25) is 0 Å². The van der Waals surface area contributed by atoms with Crippen LogP contribution in [0.1, 0.15) is 40.8 Å². The maximum Gasteiger partial charge on any atom is 0.271 e. The molecule has 7 nitrogen and oxygen atoms in total. The molecule has 0 radical (unpaired) electrons. The van der Waals surface area contributed by atoms with Gasteiger partial charge in [0.1, 0.15) is 17.4 Å². The summed E-state index contributed by atoms with van der Waals surface area (Å²) in [6.07, 6.45) is 5.18. The zero-order chi connectivity index (χ0) is 16.7. The number of nitrogens with zero attached hydrogens (tertiary/aromatic N) is 5. The summed E-state index contributed by atoms with van der Waals surface area (Å²) in [7, 11) is 3.80. The van der Waals surface area contributed by atoms with Crippen LogP contribution >= 0.6 is 0 Å². The number of hydrogen-bond donors (Lipinski definition) is 0. The van der Waals surface area contributed by atoms with Crippen molar-refractivity contribution in [2.75, 3.05) is 19.8 Å². The van der Waals surface area contributed by atoms with Gasteiger partial charge in [-0.05, 0) is 30.9 Å². The van der Waals surface area contributed by atoms with Crippen LogP contribution in [-0.2, 0) is 25.3 Å². The third-order valence-electron chi connectivity index (χ3n) is 5.00. The molecule has 7 heteroatoms. The molecule has 2 aromatic rings. The van der Waals surface area contributed by atoms with Crippen molar-refractivity contribution in [3.8, 4) is 0 Å². The van der Waals surface area contributed by atoms with Gasteiger partial charge in [-0.2, -0.15) is 0 Å². The molecule has 128 valence electrons. The van der Waals surface area contributed by atoms with E-state index >= 15 is 0 Å². The van der Waals surface area contributed by atoms with Gasteiger partial charge in [0.25, 0.3) is 5.91 Å². The van der Waals surface area contributed by atoms with Crippen molar-refractivity contribution in [2.24, 2.45) is 20.0 Å². The fraction of sp³-hybridized carbons (Fsp3) is 0.588. The highest BCUT2D eigenvalue weighted by atomic mass is 16.5. The lowest BCUT2D eigenvalue weighted by Crippen LogP contribution is -2.43. The Kier molecular flexibility index (Phi) is 3.88. The molecule has 1 unspecified atom stereocenters. The lowest BCUT2D eigenvalue weighted by molar-refractivity contribution is 0.0349. The third kappa shape index (κ3) is 2.73. The molecule has 1 saturated carbocycles. The largest absolute Gasteiger partial charge is 0.379 e. The zero-order valence-electron chi connectivity index (χ0n) is 14.2. The van der Waals surface area contributed by atoms with Gasteiger partial charge in [-0.1, -0.05) is 5.21 Å². The van der Waals surface area contributed by atoms with Crippen molar-refractivity contribution >= 4 is 5.91 Å². The maximum absolute atomic E-state index is 13.0. The molecule has 2 aliphatic rings. The molecule has 0 N–H and O–H groups in total. The first-order chi connectivity index (χ1) is 11.6. The van der Waals surface area contributed by atoms with E-state index in [1.54, 1.807) is 0 Å². The van der Waals surface area contributed by atoms with Crippen LogP contribution in [0.2, 0.25) is 0 Å². The van der Waals surface area contributed by atoms with E-state index in [0.29, 0.717) is 24.8 Å². The predicted octanol–water partition coefficient (Wildman–Crippen LogP) is 1.32. The van der Waals surface area contributed by atoms with E-state index in [4.69, 9.17) is 4.74 Å². The van der Waals surface area contributed by atoms with Crippen LogP contribution in [-0.4, -0.2) is 50.1 Å². The fourth-order valence-corrected chi connectivity index (χ4v) is 3.34. The number of ether oxygens (including phenoxy) is 1. The molecule has 1 aliphatic carbocycles. The number of hydrogen-bond acceptors (Lipinski definition) is 4. The number of rotatable bonds is 5. The monoisotopic (exact) mass is 329 g/mol. The highest BCUT2D eigenvalue weighted by molar-refractivity contribution is 5.93. The van der Waals surface area contributed by atoms with Crippen molar-refractivity contribution < 1.29 is 9.53 Å². The molecular weight excluding hydrogens is 306 g/mol. The van der Waals surface area contributed by atoms with Gasteiger partial charge in [-0.3, -0.25) is 9.48 Å². The Labute approximate surface area is 141 Å². The molecule has 1 aliphatic heterocycles. The van der Waals surface area contributed by atoms with Gasteiger partial charge < -0.3 is 14.2 Å². The highest BCUT2D eigenvalue weighted by Crippen LogP contribution is 2.32. The Morgan fingerprint density at radius 2 is 2.17 bits per heavy atom. The first-order valence-electron chi connectivity index (χ1n) is 8.53. The van der Waals surface area contributed by atoms with Crippen molar-refractivity contribution in [3.63, 3.8) is 0 Å². The predicted molar refractivity (Wildman–Crippen MR) is 87.4 cm³/mol. The molecule has 0 bridgehead atoms. The first kappa shape index (κ1) is 15.4. The Bertz CT molecular complexity index is 746. The van der Waals surface area contributed by atoms with Crippen LogP contribution in [0.3, 0.4) is 0 Å². The van der Waals surface area contributed by atoms with E-state index in [1.807, 2.05) is 46.6 Å². The lowest BCUT2D eigenvalue weighted by Gasteiger charge is -2.34. The molecule has 1 atom stereocenters. The van der Waals surface area contributed by atoms with Gasteiger partial charge in [-0.25, -0.2) is 0 Å². The average molecular weight is 329 g/mol. The van der Waals surface area contributed by atoms with Crippen LogP contribution in [0.4, 0.5) is 0 Å². The van der Waals surface area contributed by atoms with Gasteiger partial charge in [0.05, 0.1) is 12.3 Å². The van der Waals surface area contributed by atoms with Crippen LogP contribution < -0.4 is 0 Å². The van der Waals surface area contributed by atoms with Crippen LogP contribution in [0.25, 0.3) is 0 Å². The molecule has 1 amide bonds. The number of fused-ring (bicyclic) bond motifs is 1. The zero-order valence-corrected chi connectivity index (χ0v) is 14.2. The summed E-state index contributed by atoms with van der Waals surface area (Å²) in [5.41, 5.74) is 2.67. The Morgan fingerprint density at radius 3 is 2.88 bits per heavy atom. The molecule has 0 saturated heterocycles. The molecule has 3 heterocycles. The standard InChI is InChI=1S/C17H23N5O2/c1-20-8-3-4-14(20)17(23)22-9-7-13-16(18-19-21(13)2)15(22)11-24-10-12-5-6-12/h3-4,8,12,15H,5-7,9-11H2,1-2H3. The lowest BCUT2D eigenvalue weighted by atomic mass is 10.0. The van der Waals surface area contributed by atoms with Crippen molar-refractivity contribution in [1.82, 2.24) is 24.5 Å². The fourth-order valence-electron chi connectivity index (χ4n) is 3.34. The molecule has 0 aromatic carbocycles. The summed E-state index contributed by atoms with van der Waals surface area (Å²) in [6, 6.07) is 3.59. The molecule has 4 rings (SSSR count). The summed E-state index contributed by atoms with van der Waals surface area (Å²) >= 11 is 0. The van der Waals surface area contributed by atoms with E-state index in [2.05, 4.69) is 10.3 Å². The Hall–Kier alpha value is -2.15. The Balaban J connectivity index is 1.59. The summed E-state index contributed by atoms with van der Waals surface area (Å²) in [4.78, 5) is 14.9. The molecular formula is C17H23N5O2. The summed E-state index contributed by atoms with van der Waals surface area (Å²) in [5, 5.41) is 8.47. The molecule has 1 fully saturated rings. The van der Waals surface area contributed by atoms with E-state index in [9.17, 15) is 4.79 Å². The molecule has 0 spiro atoms. The van der Waals surface area contributed by atoms with E-state index in [1.165, 1.54) is 12.8 Å². The van der Waals surface area contributed by atoms with Gasteiger partial charge >= 0.3 is 0 Å². The number of aryl methyl sites for hydroxylation is 2. The van der Waals surface area contributed by atoms with E-state index in [-0.39, 0.29) is 11.9 Å². The van der Waals surface area contributed by atoms with Crippen molar-refractivity contribution in [3.05, 3.63) is 35.4 Å². The van der Waals surface area contributed by atoms with Gasteiger partial charge in [-0.15, -0.1) is 5.10 Å². The number of carbonyl (C=O) groups excluding carboxylic acids is 1. The van der Waals surface area contributed by atoms with E-state index in [0.717, 1.165) is 24.4 Å². The number of carbonyl (C=O) groups is 1. The smallest absolute Gasteiger partial charge is 0.271 e. The topological polar surface area (TPSA) is 65.2 Å². The molecule has 24 heavy (non-hydrogen) atoms. The Morgan fingerprint density at radius 1 is 1.33 bits per heavy atom. The quantitative estimate of drug-likeness (QED) is 0.830. The van der Waals surface area contributed by atoms with Crippen molar-refractivity contribution in [1.29, 1.82) is 0 Å². The average Bonchev–Trinajstić information content (AvgIpc) is 3.18. The van der Waals surface area contributed by atoms with Gasteiger partial charge in [0, 0.05) is 39.9 Å². The van der Waals surface area contributed by atoms with Crippen LogP contribution in [0.5, 0.6) is 0 Å². The second-order valence-electron chi connectivity index (χ2n) is 6.79. The van der Waals surface area contributed by atoms with E-state index < -0.39 is 0 Å². The second kappa shape index (κ2) is 6.05. The minimum Gasteiger partial charge on any atom is -0.379 e. The normalized spacial score (nSPS) is 20.2. The minimum absolute atomic E-state index is 0.0267. The minimum atomic E-state index is -0.163. The SMILES string of the molecule is Cn1cccc1C(=O)N1CCc2c(nnn2C)C1COCC1CC1. The second-order valence-corrected chi connectivity index (χ2v) is 6.79. The number of aromatic nitrogens is 4. The maximum atomic E-state index is 13.0. The van der Waals surface area contributed by atoms with Gasteiger partial charge in [0.15, 0.2) is 0 Å². The third-order valence-corrected chi connectivity index (χ3v) is 5.00.